The van der Waals surface area contributed by atoms with Crippen molar-refractivity contribution in [2.24, 2.45) is 4.99 Å². The van der Waals surface area contributed by atoms with Gasteiger partial charge in [0.2, 0.25) is 0 Å². The average molecular weight is 387 g/mol. The lowest BCUT2D eigenvalue weighted by Gasteiger charge is -2.27. The molecule has 0 unspecified atom stereocenters. The quantitative estimate of drug-likeness (QED) is 0.537. The summed E-state index contributed by atoms with van der Waals surface area (Å²) in [5.74, 6) is 0.960. The van der Waals surface area contributed by atoms with E-state index >= 15 is 0 Å². The first-order valence-electron chi connectivity index (χ1n) is 10.8. The van der Waals surface area contributed by atoms with Crippen LogP contribution in [0.4, 0.5) is 0 Å². The molecular weight excluding hydrogens is 352 g/mol. The minimum absolute atomic E-state index is 0.143. The van der Waals surface area contributed by atoms with Crippen LogP contribution in [0.15, 0.2) is 29.3 Å². The Bertz CT molecular complexity index is 645. The van der Waals surface area contributed by atoms with Gasteiger partial charge in [0.15, 0.2) is 5.96 Å². The van der Waals surface area contributed by atoms with Crippen molar-refractivity contribution in [3.05, 3.63) is 35.4 Å². The highest BCUT2D eigenvalue weighted by atomic mass is 16.3. The lowest BCUT2D eigenvalue weighted by molar-refractivity contribution is 0.0724. The Morgan fingerprint density at radius 3 is 2.43 bits per heavy atom. The third-order valence-corrected chi connectivity index (χ3v) is 5.65. The third kappa shape index (κ3) is 5.96. The first-order valence-corrected chi connectivity index (χ1v) is 10.8. The molecule has 1 heterocycles. The number of rotatable bonds is 5. The second-order valence-corrected chi connectivity index (χ2v) is 7.89. The van der Waals surface area contributed by atoms with Crippen LogP contribution < -0.4 is 10.6 Å². The van der Waals surface area contributed by atoms with E-state index in [1.807, 2.05) is 29.2 Å². The molecule has 0 radical (unpaired) electrons. The minimum Gasteiger partial charge on any atom is -0.393 e. The number of likely N-dealkylation sites (tertiary alicyclic amines) is 1. The number of hydrogen-bond donors (Lipinski definition) is 3. The summed E-state index contributed by atoms with van der Waals surface area (Å²) in [5.41, 5.74) is 1.85. The number of piperidine rings is 1. The van der Waals surface area contributed by atoms with Crippen LogP contribution in [0.25, 0.3) is 0 Å². The molecular formula is C22H34N4O2. The lowest BCUT2D eigenvalue weighted by atomic mass is 9.93. The average Bonchev–Trinajstić information content (AvgIpc) is 2.74. The summed E-state index contributed by atoms with van der Waals surface area (Å²) < 4.78 is 0. The highest BCUT2D eigenvalue weighted by Gasteiger charge is 2.20. The molecule has 3 rings (SSSR count). The molecule has 28 heavy (non-hydrogen) atoms. The molecule has 6 heteroatoms. The first-order chi connectivity index (χ1) is 13.7. The van der Waals surface area contributed by atoms with Gasteiger partial charge in [0, 0.05) is 31.2 Å². The number of benzene rings is 1. The van der Waals surface area contributed by atoms with E-state index < -0.39 is 0 Å². The number of carbonyl (C=O) groups is 1. The van der Waals surface area contributed by atoms with Crippen molar-refractivity contribution in [1.29, 1.82) is 0 Å². The molecule has 1 aromatic carbocycles. The zero-order valence-corrected chi connectivity index (χ0v) is 17.0. The van der Waals surface area contributed by atoms with Gasteiger partial charge in [-0.1, -0.05) is 12.1 Å². The van der Waals surface area contributed by atoms with Gasteiger partial charge >= 0.3 is 0 Å². The molecule has 0 aromatic heterocycles. The van der Waals surface area contributed by atoms with Gasteiger partial charge in [-0.05, 0) is 69.6 Å². The molecule has 6 nitrogen and oxygen atoms in total. The maximum absolute atomic E-state index is 12.6. The number of nitrogens with one attached hydrogen (secondary N) is 2. The van der Waals surface area contributed by atoms with Gasteiger partial charge in [-0.3, -0.25) is 4.79 Å². The topological polar surface area (TPSA) is 77.0 Å². The third-order valence-electron chi connectivity index (χ3n) is 5.65. The molecule has 1 saturated heterocycles. The summed E-state index contributed by atoms with van der Waals surface area (Å²) in [7, 11) is 0. The molecule has 0 spiro atoms. The summed E-state index contributed by atoms with van der Waals surface area (Å²) >= 11 is 0. The number of carbonyl (C=O) groups excluding carboxylic acids is 1. The second-order valence-electron chi connectivity index (χ2n) is 7.89. The number of amides is 1. The van der Waals surface area contributed by atoms with Crippen molar-refractivity contribution in [3.8, 4) is 0 Å². The normalized spacial score (nSPS) is 23.4. The standard InChI is InChI=1S/C22H34N4O2/c1-2-23-22(25-19-10-12-20(27)13-11-19)24-16-17-6-8-18(9-7-17)21(28)26-14-4-3-5-15-26/h6-9,19-20,27H,2-5,10-16H2,1H3,(H2,23,24,25). The van der Waals surface area contributed by atoms with Gasteiger partial charge in [0.25, 0.3) is 5.91 Å². The monoisotopic (exact) mass is 386 g/mol. The van der Waals surface area contributed by atoms with E-state index in [0.29, 0.717) is 12.6 Å². The summed E-state index contributed by atoms with van der Waals surface area (Å²) in [4.78, 5) is 19.2. The Hall–Kier alpha value is -2.08. The van der Waals surface area contributed by atoms with Gasteiger partial charge in [0.05, 0.1) is 12.6 Å². The van der Waals surface area contributed by atoms with Gasteiger partial charge < -0.3 is 20.6 Å². The van der Waals surface area contributed by atoms with Crippen molar-refractivity contribution in [3.63, 3.8) is 0 Å². The summed E-state index contributed by atoms with van der Waals surface area (Å²) in [6.45, 7) is 5.19. The van der Waals surface area contributed by atoms with E-state index in [4.69, 9.17) is 4.99 Å². The molecule has 0 bridgehead atoms. The van der Waals surface area contributed by atoms with E-state index in [-0.39, 0.29) is 12.0 Å². The summed E-state index contributed by atoms with van der Waals surface area (Å²) in [6.07, 6.45) is 6.94. The molecule has 2 fully saturated rings. The Morgan fingerprint density at radius 2 is 1.79 bits per heavy atom. The van der Waals surface area contributed by atoms with E-state index in [1.54, 1.807) is 0 Å². The van der Waals surface area contributed by atoms with Gasteiger partial charge in [-0.2, -0.15) is 0 Å². The molecule has 1 amide bonds. The predicted molar refractivity (Wildman–Crippen MR) is 112 cm³/mol. The number of aliphatic imine (C=N–C) groups is 1. The zero-order chi connectivity index (χ0) is 19.8. The molecule has 1 aliphatic heterocycles. The van der Waals surface area contributed by atoms with Crippen molar-refractivity contribution < 1.29 is 9.90 Å². The van der Waals surface area contributed by atoms with Crippen LogP contribution in [0.1, 0.15) is 67.8 Å². The van der Waals surface area contributed by atoms with E-state index in [1.165, 1.54) is 6.42 Å². The highest BCUT2D eigenvalue weighted by molar-refractivity contribution is 5.94. The first kappa shape index (κ1) is 20.6. The van der Waals surface area contributed by atoms with E-state index in [0.717, 1.165) is 75.2 Å². The van der Waals surface area contributed by atoms with Gasteiger partial charge in [-0.25, -0.2) is 4.99 Å². The fraction of sp³-hybridized carbons (Fsp3) is 0.636. The van der Waals surface area contributed by atoms with Crippen LogP contribution >= 0.6 is 0 Å². The zero-order valence-electron chi connectivity index (χ0n) is 17.0. The van der Waals surface area contributed by atoms with E-state index in [2.05, 4.69) is 17.6 Å². The Morgan fingerprint density at radius 1 is 1.11 bits per heavy atom. The number of nitrogens with zero attached hydrogens (tertiary/aromatic N) is 2. The minimum atomic E-state index is -0.149. The fourth-order valence-electron chi connectivity index (χ4n) is 3.94. The maximum Gasteiger partial charge on any atom is 0.253 e. The predicted octanol–water partition coefficient (Wildman–Crippen LogP) is 2.67. The summed E-state index contributed by atoms with van der Waals surface area (Å²) in [5, 5.41) is 16.4. The van der Waals surface area contributed by atoms with E-state index in [9.17, 15) is 9.90 Å². The summed E-state index contributed by atoms with van der Waals surface area (Å²) in [6, 6.07) is 8.21. The van der Waals surface area contributed by atoms with Crippen molar-refractivity contribution in [2.75, 3.05) is 19.6 Å². The van der Waals surface area contributed by atoms with Crippen LogP contribution in [0.5, 0.6) is 0 Å². The molecule has 3 N–H and O–H groups in total. The van der Waals surface area contributed by atoms with Crippen LogP contribution in [-0.2, 0) is 6.54 Å². The maximum atomic E-state index is 12.6. The van der Waals surface area contributed by atoms with Crippen LogP contribution in [-0.4, -0.2) is 53.7 Å². The Balaban J connectivity index is 1.55. The van der Waals surface area contributed by atoms with Crippen molar-refractivity contribution in [1.82, 2.24) is 15.5 Å². The Labute approximate surface area is 168 Å². The molecule has 1 aromatic rings. The van der Waals surface area contributed by atoms with Crippen LogP contribution in [0.3, 0.4) is 0 Å². The SMILES string of the molecule is CCNC(=NCc1ccc(C(=O)N2CCCCC2)cc1)NC1CCC(O)CC1. The number of aliphatic hydroxyl groups excluding tert-OH is 1. The number of aliphatic hydroxyl groups is 1. The molecule has 1 aliphatic carbocycles. The molecule has 154 valence electrons. The molecule has 2 aliphatic rings. The second kappa shape index (κ2) is 10.5. The van der Waals surface area contributed by atoms with Crippen LogP contribution in [0.2, 0.25) is 0 Å². The fourth-order valence-corrected chi connectivity index (χ4v) is 3.94. The number of hydrogen-bond acceptors (Lipinski definition) is 3. The van der Waals surface area contributed by atoms with Crippen LogP contribution in [0, 0.1) is 0 Å². The smallest absolute Gasteiger partial charge is 0.253 e. The lowest BCUT2D eigenvalue weighted by Crippen LogP contribution is -2.45. The molecule has 0 atom stereocenters. The number of guanidine groups is 1. The van der Waals surface area contributed by atoms with Gasteiger partial charge in [0.1, 0.15) is 0 Å². The largest absolute Gasteiger partial charge is 0.393 e. The Kier molecular flexibility index (Phi) is 7.71. The molecule has 1 saturated carbocycles. The van der Waals surface area contributed by atoms with Crippen molar-refractivity contribution in [2.45, 2.75) is 70.6 Å². The highest BCUT2D eigenvalue weighted by Crippen LogP contribution is 2.18. The van der Waals surface area contributed by atoms with Crippen molar-refractivity contribution >= 4 is 11.9 Å². The van der Waals surface area contributed by atoms with Gasteiger partial charge in [-0.15, -0.1) is 0 Å².